The van der Waals surface area contributed by atoms with Crippen molar-refractivity contribution in [3.8, 4) is 5.75 Å². The summed E-state index contributed by atoms with van der Waals surface area (Å²) in [6, 6.07) is 10.6. The Hall–Kier alpha value is -3.22. The summed E-state index contributed by atoms with van der Waals surface area (Å²) in [4.78, 5) is 42.7. The molecule has 0 unspecified atom stereocenters. The van der Waals surface area contributed by atoms with E-state index in [0.29, 0.717) is 32.1 Å². The van der Waals surface area contributed by atoms with E-state index in [0.717, 1.165) is 10.6 Å². The molecule has 3 N–H and O–H groups in total. The van der Waals surface area contributed by atoms with Gasteiger partial charge in [0, 0.05) is 26.9 Å². The molecule has 0 aliphatic carbocycles. The van der Waals surface area contributed by atoms with Gasteiger partial charge in [0.2, 0.25) is 0 Å². The van der Waals surface area contributed by atoms with Crippen molar-refractivity contribution in [1.82, 2.24) is 10.3 Å². The van der Waals surface area contributed by atoms with Crippen molar-refractivity contribution in [3.63, 3.8) is 0 Å². The summed E-state index contributed by atoms with van der Waals surface area (Å²) in [5.41, 5.74) is 2.07. The number of aromatic nitrogens is 1. The van der Waals surface area contributed by atoms with E-state index in [9.17, 15) is 19.5 Å². The lowest BCUT2D eigenvalue weighted by Crippen LogP contribution is -2.51. The van der Waals surface area contributed by atoms with Gasteiger partial charge in [-0.2, -0.15) is 0 Å². The van der Waals surface area contributed by atoms with E-state index in [1.165, 1.54) is 11.3 Å². The standard InChI is InChI=1S/C26H25Cl2N3O7S/c1-13-14(2)39-26(29-13)31-24(33)22-21(37-12-38-22)23(32)30-20(25(34)35)10-15-6-8-16(9-7-15)36-11-17-18(27)4-3-5-19(17)28/h3-9,20-22H,10-12H2,1-2H3,(H,30,32)(H,34,35)(H,29,31,33)/t20-,21+,22+/m0/s1. The minimum absolute atomic E-state index is 0.0141. The number of hydrogen-bond acceptors (Lipinski definition) is 8. The molecule has 0 saturated carbocycles. The van der Waals surface area contributed by atoms with Crippen LogP contribution < -0.4 is 15.4 Å². The Labute approximate surface area is 238 Å². The number of hydrogen-bond donors (Lipinski definition) is 3. The second-order valence-electron chi connectivity index (χ2n) is 8.68. The predicted octanol–water partition coefficient (Wildman–Crippen LogP) is 4.14. The fourth-order valence-corrected chi connectivity index (χ4v) is 5.05. The maximum Gasteiger partial charge on any atom is 0.326 e. The van der Waals surface area contributed by atoms with Crippen LogP contribution in [0.3, 0.4) is 0 Å². The number of nitrogens with zero attached hydrogens (tertiary/aromatic N) is 1. The second-order valence-corrected chi connectivity index (χ2v) is 10.7. The van der Waals surface area contributed by atoms with Gasteiger partial charge in [0.05, 0.1) is 5.69 Å². The van der Waals surface area contributed by atoms with Crippen molar-refractivity contribution < 1.29 is 33.7 Å². The lowest BCUT2D eigenvalue weighted by Gasteiger charge is -2.19. The molecule has 4 rings (SSSR count). The number of ether oxygens (including phenoxy) is 3. The molecule has 1 aromatic heterocycles. The first-order valence-electron chi connectivity index (χ1n) is 11.8. The van der Waals surface area contributed by atoms with E-state index in [-0.39, 0.29) is 19.8 Å². The average Bonchev–Trinajstić information content (AvgIpc) is 3.50. The van der Waals surface area contributed by atoms with Crippen LogP contribution in [0.1, 0.15) is 21.7 Å². The maximum absolute atomic E-state index is 12.9. The molecule has 1 aliphatic rings. The van der Waals surface area contributed by atoms with Crippen molar-refractivity contribution in [3.05, 3.63) is 74.2 Å². The molecule has 1 saturated heterocycles. The number of anilines is 1. The van der Waals surface area contributed by atoms with Crippen molar-refractivity contribution in [1.29, 1.82) is 0 Å². The molecule has 2 heterocycles. The SMILES string of the molecule is Cc1nc(NC(=O)[C@@H]2OCO[C@H]2C(=O)N[C@@H](Cc2ccc(OCc3c(Cl)cccc3Cl)cc2)C(=O)O)sc1C. The Balaban J connectivity index is 1.34. The van der Waals surface area contributed by atoms with Crippen LogP contribution in [-0.2, 0) is 36.9 Å². The van der Waals surface area contributed by atoms with Crippen molar-refractivity contribution in [2.24, 2.45) is 0 Å². The summed E-state index contributed by atoms with van der Waals surface area (Å²) in [5.74, 6) is -2.10. The molecule has 0 spiro atoms. The molecule has 0 bridgehead atoms. The topological polar surface area (TPSA) is 136 Å². The maximum atomic E-state index is 12.9. The quantitative estimate of drug-likeness (QED) is 0.319. The van der Waals surface area contributed by atoms with Gasteiger partial charge in [0.25, 0.3) is 11.8 Å². The third kappa shape index (κ3) is 7.25. The molecule has 1 fully saturated rings. The smallest absolute Gasteiger partial charge is 0.326 e. The van der Waals surface area contributed by atoms with Gasteiger partial charge in [0.1, 0.15) is 25.2 Å². The summed E-state index contributed by atoms with van der Waals surface area (Å²) >= 11 is 13.6. The number of amides is 2. The highest BCUT2D eigenvalue weighted by atomic mass is 35.5. The van der Waals surface area contributed by atoms with Crippen LogP contribution in [0.2, 0.25) is 10.0 Å². The Bertz CT molecular complexity index is 1330. The fourth-order valence-electron chi connectivity index (χ4n) is 3.73. The highest BCUT2D eigenvalue weighted by Gasteiger charge is 2.42. The van der Waals surface area contributed by atoms with Crippen molar-refractivity contribution >= 4 is 57.5 Å². The van der Waals surface area contributed by atoms with Gasteiger partial charge < -0.3 is 24.6 Å². The number of rotatable bonds is 10. The first-order valence-corrected chi connectivity index (χ1v) is 13.4. The minimum atomic E-state index is -1.32. The molecule has 39 heavy (non-hydrogen) atoms. The van der Waals surface area contributed by atoms with Crippen LogP contribution in [0.15, 0.2) is 42.5 Å². The summed E-state index contributed by atoms with van der Waals surface area (Å²) in [7, 11) is 0. The van der Waals surface area contributed by atoms with E-state index in [1.54, 1.807) is 42.5 Å². The van der Waals surface area contributed by atoms with E-state index in [1.807, 2.05) is 13.8 Å². The lowest BCUT2D eigenvalue weighted by molar-refractivity contribution is -0.144. The minimum Gasteiger partial charge on any atom is -0.489 e. The van der Waals surface area contributed by atoms with Crippen LogP contribution >= 0.6 is 34.5 Å². The fraction of sp³-hybridized carbons (Fsp3) is 0.308. The van der Waals surface area contributed by atoms with Gasteiger partial charge in [-0.1, -0.05) is 41.4 Å². The molecule has 206 valence electrons. The van der Waals surface area contributed by atoms with Crippen molar-refractivity contribution in [2.75, 3.05) is 12.1 Å². The Morgan fingerprint density at radius 3 is 2.31 bits per heavy atom. The van der Waals surface area contributed by atoms with E-state index < -0.39 is 36.0 Å². The van der Waals surface area contributed by atoms with Crippen LogP contribution in [0.25, 0.3) is 0 Å². The number of halogens is 2. The molecule has 10 nitrogen and oxygen atoms in total. The number of nitrogens with one attached hydrogen (secondary N) is 2. The van der Waals surface area contributed by atoms with Gasteiger partial charge >= 0.3 is 5.97 Å². The van der Waals surface area contributed by atoms with Crippen LogP contribution in [0.4, 0.5) is 5.13 Å². The zero-order valence-corrected chi connectivity index (χ0v) is 23.2. The first kappa shape index (κ1) is 28.8. The second kappa shape index (κ2) is 12.8. The summed E-state index contributed by atoms with van der Waals surface area (Å²) < 4.78 is 16.4. The monoisotopic (exact) mass is 593 g/mol. The van der Waals surface area contributed by atoms with E-state index >= 15 is 0 Å². The third-order valence-corrected chi connectivity index (χ3v) is 7.66. The lowest BCUT2D eigenvalue weighted by atomic mass is 10.0. The number of carbonyl (C=O) groups excluding carboxylic acids is 2. The number of thiazole rings is 1. The number of carboxylic acid groups (broad SMARTS) is 1. The predicted molar refractivity (Wildman–Crippen MR) is 145 cm³/mol. The van der Waals surface area contributed by atoms with Crippen LogP contribution in [0.5, 0.6) is 5.75 Å². The van der Waals surface area contributed by atoms with Crippen molar-refractivity contribution in [2.45, 2.75) is 45.1 Å². The number of aryl methyl sites for hydroxylation is 2. The Kier molecular flexibility index (Phi) is 9.41. The molecular formula is C26H25Cl2N3O7S. The zero-order valence-electron chi connectivity index (χ0n) is 20.9. The molecule has 0 radical (unpaired) electrons. The Morgan fingerprint density at radius 2 is 1.72 bits per heavy atom. The molecule has 2 aromatic carbocycles. The third-order valence-electron chi connectivity index (χ3n) is 5.97. The van der Waals surface area contributed by atoms with Crippen LogP contribution in [-0.4, -0.2) is 52.9 Å². The zero-order chi connectivity index (χ0) is 28.1. The highest BCUT2D eigenvalue weighted by molar-refractivity contribution is 7.15. The number of carbonyl (C=O) groups is 3. The van der Waals surface area contributed by atoms with Gasteiger partial charge in [-0.3, -0.25) is 14.9 Å². The molecule has 1 aliphatic heterocycles. The summed E-state index contributed by atoms with van der Waals surface area (Å²) in [6.07, 6.45) is -2.59. The van der Waals surface area contributed by atoms with Gasteiger partial charge in [-0.15, -0.1) is 11.3 Å². The highest BCUT2D eigenvalue weighted by Crippen LogP contribution is 2.26. The van der Waals surface area contributed by atoms with Crippen LogP contribution in [0, 0.1) is 13.8 Å². The normalized spacial score (nSPS) is 17.4. The molecular weight excluding hydrogens is 569 g/mol. The van der Waals surface area contributed by atoms with E-state index in [4.69, 9.17) is 37.4 Å². The van der Waals surface area contributed by atoms with Gasteiger partial charge in [0.15, 0.2) is 17.3 Å². The summed E-state index contributed by atoms with van der Waals surface area (Å²) in [6.45, 7) is 3.56. The molecule has 2 amide bonds. The molecule has 3 aromatic rings. The summed E-state index contributed by atoms with van der Waals surface area (Å²) in [5, 5.41) is 16.1. The largest absolute Gasteiger partial charge is 0.489 e. The van der Waals surface area contributed by atoms with Gasteiger partial charge in [-0.05, 0) is 43.7 Å². The number of aliphatic carboxylic acids is 1. The first-order chi connectivity index (χ1) is 18.6. The van der Waals surface area contributed by atoms with E-state index in [2.05, 4.69) is 15.6 Å². The molecule has 3 atom stereocenters. The number of carboxylic acids is 1. The average molecular weight is 594 g/mol. The molecule has 13 heteroatoms. The number of benzene rings is 2. The van der Waals surface area contributed by atoms with Gasteiger partial charge in [-0.25, -0.2) is 9.78 Å². The Morgan fingerprint density at radius 1 is 1.08 bits per heavy atom.